The lowest BCUT2D eigenvalue weighted by Crippen LogP contribution is -2.16. The summed E-state index contributed by atoms with van der Waals surface area (Å²) < 4.78 is 8.60. The van der Waals surface area contributed by atoms with Gasteiger partial charge in [0.05, 0.1) is 15.8 Å². The molecule has 2 heterocycles. The van der Waals surface area contributed by atoms with Gasteiger partial charge < -0.3 is 8.98 Å². The van der Waals surface area contributed by atoms with Crippen molar-refractivity contribution < 1.29 is 9.21 Å². The minimum absolute atomic E-state index is 0.275. The monoisotopic (exact) mass is 354 g/mol. The number of benzene rings is 1. The van der Waals surface area contributed by atoms with Crippen LogP contribution in [-0.2, 0) is 6.54 Å². The number of furan rings is 1. The average Bonchev–Trinajstić information content (AvgIpc) is 3.07. The van der Waals surface area contributed by atoms with Crippen molar-refractivity contribution in [1.82, 2.24) is 4.57 Å². The van der Waals surface area contributed by atoms with E-state index in [9.17, 15) is 4.79 Å². The summed E-state index contributed by atoms with van der Waals surface area (Å²) in [6.07, 6.45) is 1.82. The summed E-state index contributed by atoms with van der Waals surface area (Å²) in [5.41, 5.74) is 2.86. The number of allylic oxidation sites excluding steroid dienone is 1. The summed E-state index contributed by atoms with van der Waals surface area (Å²) >= 11 is 1.53. The first-order chi connectivity index (χ1) is 11.9. The second-order valence-corrected chi connectivity index (χ2v) is 7.42. The van der Waals surface area contributed by atoms with Crippen molar-refractivity contribution in [2.75, 3.05) is 0 Å². The highest BCUT2D eigenvalue weighted by Crippen LogP contribution is 2.24. The highest BCUT2D eigenvalue weighted by molar-refractivity contribution is 7.16. The van der Waals surface area contributed by atoms with Crippen LogP contribution in [0.15, 0.2) is 46.3 Å². The van der Waals surface area contributed by atoms with E-state index in [1.807, 2.05) is 17.6 Å². The van der Waals surface area contributed by atoms with Crippen molar-refractivity contribution in [2.24, 2.45) is 4.99 Å². The molecule has 130 valence electrons. The number of aryl methyl sites for hydroxylation is 2. The van der Waals surface area contributed by atoms with E-state index in [0.717, 1.165) is 10.2 Å². The summed E-state index contributed by atoms with van der Waals surface area (Å²) in [7, 11) is 0. The first-order valence-electron chi connectivity index (χ1n) is 8.31. The zero-order valence-electron chi connectivity index (χ0n) is 15.0. The average molecular weight is 354 g/mol. The molecular formula is C20H22N2O2S. The number of aromatic nitrogens is 1. The van der Waals surface area contributed by atoms with Gasteiger partial charge in [-0.2, -0.15) is 4.99 Å². The topological polar surface area (TPSA) is 47.5 Å². The first kappa shape index (κ1) is 17.4. The Hall–Kier alpha value is -2.40. The van der Waals surface area contributed by atoms with E-state index in [0.29, 0.717) is 34.3 Å². The zero-order chi connectivity index (χ0) is 18.1. The van der Waals surface area contributed by atoms with Crippen molar-refractivity contribution in [2.45, 2.75) is 40.2 Å². The maximum atomic E-state index is 12.6. The predicted molar refractivity (Wildman–Crippen MR) is 102 cm³/mol. The highest BCUT2D eigenvalue weighted by Gasteiger charge is 2.14. The van der Waals surface area contributed by atoms with Crippen molar-refractivity contribution in [1.29, 1.82) is 0 Å². The van der Waals surface area contributed by atoms with Crippen LogP contribution in [0.4, 0.5) is 0 Å². The number of rotatable bonds is 4. The van der Waals surface area contributed by atoms with Gasteiger partial charge in [-0.25, -0.2) is 0 Å². The van der Waals surface area contributed by atoms with Gasteiger partial charge >= 0.3 is 0 Å². The second-order valence-electron chi connectivity index (χ2n) is 6.41. The fourth-order valence-electron chi connectivity index (χ4n) is 2.83. The smallest absolute Gasteiger partial charge is 0.283 e. The Balaban J connectivity index is 2.16. The fourth-order valence-corrected chi connectivity index (χ4v) is 3.92. The van der Waals surface area contributed by atoms with E-state index in [-0.39, 0.29) is 5.91 Å². The highest BCUT2D eigenvalue weighted by atomic mass is 32.1. The second kappa shape index (κ2) is 6.84. The Morgan fingerprint density at radius 2 is 2.12 bits per heavy atom. The molecular weight excluding hydrogens is 332 g/mol. The largest absolute Gasteiger partial charge is 0.466 e. The van der Waals surface area contributed by atoms with Gasteiger partial charge in [-0.15, -0.1) is 6.58 Å². The molecule has 0 saturated carbocycles. The molecule has 0 saturated heterocycles. The summed E-state index contributed by atoms with van der Waals surface area (Å²) in [5.74, 6) is 1.50. The van der Waals surface area contributed by atoms with E-state index < -0.39 is 0 Å². The van der Waals surface area contributed by atoms with E-state index in [2.05, 4.69) is 43.6 Å². The number of nitrogens with zero attached hydrogens (tertiary/aromatic N) is 2. The number of carbonyl (C=O) groups is 1. The van der Waals surface area contributed by atoms with Crippen LogP contribution in [0, 0.1) is 13.8 Å². The molecule has 1 amide bonds. The fraction of sp³-hybridized carbons (Fsp3) is 0.300. The SMILES string of the molecule is C=CCn1c(=NC(=O)c2cc(C)oc2C)sc2cc(C(C)C)ccc21. The van der Waals surface area contributed by atoms with Crippen LogP contribution in [0.1, 0.15) is 47.2 Å². The third-order valence-corrected chi connectivity index (χ3v) is 5.19. The molecule has 1 aromatic carbocycles. The number of carbonyl (C=O) groups excluding carboxylic acids is 1. The van der Waals surface area contributed by atoms with Crippen LogP contribution in [0.3, 0.4) is 0 Å². The molecule has 0 radical (unpaired) electrons. The molecule has 4 nitrogen and oxygen atoms in total. The molecule has 0 N–H and O–H groups in total. The van der Waals surface area contributed by atoms with Gasteiger partial charge in [0.15, 0.2) is 4.80 Å². The number of fused-ring (bicyclic) bond motifs is 1. The number of hydrogen-bond acceptors (Lipinski definition) is 3. The van der Waals surface area contributed by atoms with Crippen molar-refractivity contribution in [3.05, 3.63) is 64.4 Å². The lowest BCUT2D eigenvalue weighted by atomic mass is 10.0. The number of amides is 1. The maximum absolute atomic E-state index is 12.6. The molecule has 0 fully saturated rings. The van der Waals surface area contributed by atoms with E-state index in [4.69, 9.17) is 4.42 Å². The summed E-state index contributed by atoms with van der Waals surface area (Å²) in [4.78, 5) is 17.6. The van der Waals surface area contributed by atoms with Crippen LogP contribution in [0.2, 0.25) is 0 Å². The van der Waals surface area contributed by atoms with Crippen molar-refractivity contribution >= 4 is 27.5 Å². The molecule has 0 bridgehead atoms. The predicted octanol–water partition coefficient (Wildman–Crippen LogP) is 4.96. The molecule has 0 aliphatic rings. The Kier molecular flexibility index (Phi) is 4.77. The third kappa shape index (κ3) is 3.37. The molecule has 0 aliphatic carbocycles. The van der Waals surface area contributed by atoms with Gasteiger partial charge in [0, 0.05) is 6.54 Å². The summed E-state index contributed by atoms with van der Waals surface area (Å²) in [6, 6.07) is 8.15. The quantitative estimate of drug-likeness (QED) is 0.622. The van der Waals surface area contributed by atoms with Gasteiger partial charge in [0.25, 0.3) is 5.91 Å². The Morgan fingerprint density at radius 3 is 2.72 bits per heavy atom. The van der Waals surface area contributed by atoms with Gasteiger partial charge in [-0.3, -0.25) is 4.79 Å². The van der Waals surface area contributed by atoms with E-state index in [1.54, 1.807) is 13.0 Å². The normalized spacial score (nSPS) is 12.3. The van der Waals surface area contributed by atoms with E-state index in [1.165, 1.54) is 16.9 Å². The number of hydrogen-bond donors (Lipinski definition) is 0. The summed E-state index contributed by atoms with van der Waals surface area (Å²) in [6.45, 7) is 12.4. The van der Waals surface area contributed by atoms with Gasteiger partial charge in [-0.05, 0) is 43.5 Å². The molecule has 0 spiro atoms. The zero-order valence-corrected chi connectivity index (χ0v) is 15.8. The molecule has 3 aromatic rings. The molecule has 0 unspecified atom stereocenters. The minimum atomic E-state index is -0.275. The van der Waals surface area contributed by atoms with Crippen LogP contribution < -0.4 is 4.80 Å². The molecule has 5 heteroatoms. The van der Waals surface area contributed by atoms with Gasteiger partial charge in [-0.1, -0.05) is 37.3 Å². The minimum Gasteiger partial charge on any atom is -0.466 e. The molecule has 2 aromatic heterocycles. The van der Waals surface area contributed by atoms with Crippen LogP contribution in [0.5, 0.6) is 0 Å². The molecule has 0 aliphatic heterocycles. The van der Waals surface area contributed by atoms with Gasteiger partial charge in [0.2, 0.25) is 0 Å². The Bertz CT molecular complexity index is 1020. The Morgan fingerprint density at radius 1 is 1.36 bits per heavy atom. The third-order valence-electron chi connectivity index (χ3n) is 4.15. The molecule has 0 atom stereocenters. The maximum Gasteiger partial charge on any atom is 0.283 e. The molecule has 25 heavy (non-hydrogen) atoms. The number of thiazole rings is 1. The van der Waals surface area contributed by atoms with Crippen LogP contribution in [-0.4, -0.2) is 10.5 Å². The van der Waals surface area contributed by atoms with Crippen molar-refractivity contribution in [3.63, 3.8) is 0 Å². The van der Waals surface area contributed by atoms with Gasteiger partial charge in [0.1, 0.15) is 11.5 Å². The molecule has 3 rings (SSSR count). The lowest BCUT2D eigenvalue weighted by molar-refractivity contribution is 0.0996. The van der Waals surface area contributed by atoms with Crippen molar-refractivity contribution in [3.8, 4) is 0 Å². The Labute approximate surface area is 151 Å². The van der Waals surface area contributed by atoms with E-state index >= 15 is 0 Å². The standard InChI is InChI=1S/C20H22N2O2S/c1-6-9-22-17-8-7-15(12(2)3)11-18(17)25-20(22)21-19(23)16-10-13(4)24-14(16)5/h6-8,10-12H,1,9H2,2-5H3. The first-order valence-corrected chi connectivity index (χ1v) is 9.12. The van der Waals surface area contributed by atoms with Crippen LogP contribution >= 0.6 is 11.3 Å². The summed E-state index contributed by atoms with van der Waals surface area (Å²) in [5, 5.41) is 0. The van der Waals surface area contributed by atoms with Crippen LogP contribution in [0.25, 0.3) is 10.2 Å². The lowest BCUT2D eigenvalue weighted by Gasteiger charge is -2.05.